The monoisotopic (exact) mass is 343 g/mol. The van der Waals surface area contributed by atoms with Crippen LogP contribution in [0.5, 0.6) is 0 Å². The molecule has 0 radical (unpaired) electrons. The lowest BCUT2D eigenvalue weighted by atomic mass is 9.99. The highest BCUT2D eigenvalue weighted by Gasteiger charge is 2.51. The number of hydrogen-bond donors (Lipinski definition) is 2. The van der Waals surface area contributed by atoms with Gasteiger partial charge in [0.25, 0.3) is 5.91 Å². The van der Waals surface area contributed by atoms with Crippen LogP contribution in [0.25, 0.3) is 11.0 Å². The number of urea groups is 1. The molecule has 1 aromatic heterocycles. The van der Waals surface area contributed by atoms with E-state index < -0.39 is 17.5 Å². The third-order valence-corrected chi connectivity index (χ3v) is 4.20. The third kappa shape index (κ3) is 3.09. The Morgan fingerprint density at radius 1 is 1.32 bits per heavy atom. The van der Waals surface area contributed by atoms with Crippen molar-refractivity contribution < 1.29 is 18.8 Å². The Labute approximate surface area is 145 Å². The van der Waals surface area contributed by atoms with Gasteiger partial charge in [-0.25, -0.2) is 4.79 Å². The Bertz CT molecular complexity index is 809. The zero-order valence-electron chi connectivity index (χ0n) is 14.5. The molecule has 1 aromatic carbocycles. The first-order chi connectivity index (χ1) is 11.8. The molecule has 3 rings (SSSR count). The lowest BCUT2D eigenvalue weighted by Gasteiger charge is -2.19. The van der Waals surface area contributed by atoms with Crippen molar-refractivity contribution in [2.24, 2.45) is 5.92 Å². The smallest absolute Gasteiger partial charge is 0.325 e. The molecular formula is C18H21N3O4. The molecule has 2 N–H and O–H groups in total. The predicted octanol–water partition coefficient (Wildman–Crippen LogP) is 1.97. The number of rotatable bonds is 5. The van der Waals surface area contributed by atoms with Crippen molar-refractivity contribution in [3.8, 4) is 0 Å². The van der Waals surface area contributed by atoms with Gasteiger partial charge in [0.1, 0.15) is 17.9 Å². The summed E-state index contributed by atoms with van der Waals surface area (Å²) in [6.45, 7) is 5.69. The molecule has 1 atom stereocenters. The Morgan fingerprint density at radius 3 is 2.72 bits per heavy atom. The van der Waals surface area contributed by atoms with Gasteiger partial charge in [-0.15, -0.1) is 0 Å². The zero-order valence-corrected chi connectivity index (χ0v) is 14.5. The number of para-hydroxylation sites is 1. The zero-order chi connectivity index (χ0) is 18.2. The van der Waals surface area contributed by atoms with Gasteiger partial charge in [0.2, 0.25) is 5.91 Å². The normalized spacial score (nSPS) is 20.4. The number of benzene rings is 1. The van der Waals surface area contributed by atoms with E-state index in [9.17, 15) is 14.4 Å². The molecule has 4 amide bonds. The van der Waals surface area contributed by atoms with Crippen molar-refractivity contribution in [2.75, 3.05) is 13.1 Å². The van der Waals surface area contributed by atoms with Crippen LogP contribution in [0.1, 0.15) is 26.5 Å². The first-order valence-electron chi connectivity index (χ1n) is 8.21. The van der Waals surface area contributed by atoms with Crippen molar-refractivity contribution in [3.63, 3.8) is 0 Å². The summed E-state index contributed by atoms with van der Waals surface area (Å²) >= 11 is 0. The standard InChI is InChI=1S/C18H21N3O4/c1-11(2)9-19-15(22)10-21-16(23)18(3,20-17(21)24)14-8-12-6-4-5-7-13(12)25-14/h4-8,11H,9-10H2,1-3H3,(H,19,22)(H,20,24). The molecule has 1 aliphatic rings. The molecule has 0 aliphatic carbocycles. The molecule has 132 valence electrons. The number of amides is 4. The van der Waals surface area contributed by atoms with Crippen LogP contribution in [0.15, 0.2) is 34.7 Å². The first kappa shape index (κ1) is 17.0. The van der Waals surface area contributed by atoms with Crippen LogP contribution in [0.3, 0.4) is 0 Å². The predicted molar refractivity (Wildman–Crippen MR) is 91.7 cm³/mol. The van der Waals surface area contributed by atoms with E-state index in [4.69, 9.17) is 4.42 Å². The fraction of sp³-hybridized carbons (Fsp3) is 0.389. The minimum absolute atomic E-state index is 0.285. The van der Waals surface area contributed by atoms with Gasteiger partial charge < -0.3 is 15.1 Å². The molecule has 0 spiro atoms. The maximum Gasteiger partial charge on any atom is 0.325 e. The molecule has 1 unspecified atom stereocenters. The molecule has 25 heavy (non-hydrogen) atoms. The fourth-order valence-electron chi connectivity index (χ4n) is 2.75. The number of imide groups is 1. The van der Waals surface area contributed by atoms with Gasteiger partial charge in [0, 0.05) is 11.9 Å². The molecule has 1 aliphatic heterocycles. The van der Waals surface area contributed by atoms with E-state index in [1.165, 1.54) is 0 Å². The minimum atomic E-state index is -1.32. The van der Waals surface area contributed by atoms with E-state index in [0.29, 0.717) is 17.9 Å². The summed E-state index contributed by atoms with van der Waals surface area (Å²) in [7, 11) is 0. The Morgan fingerprint density at radius 2 is 2.04 bits per heavy atom. The summed E-state index contributed by atoms with van der Waals surface area (Å²) in [5.41, 5.74) is -0.692. The summed E-state index contributed by atoms with van der Waals surface area (Å²) in [5, 5.41) is 6.19. The summed E-state index contributed by atoms with van der Waals surface area (Å²) < 4.78 is 5.74. The number of furan rings is 1. The molecular weight excluding hydrogens is 322 g/mol. The summed E-state index contributed by atoms with van der Waals surface area (Å²) in [6, 6.07) is 8.48. The quantitative estimate of drug-likeness (QED) is 0.812. The number of hydrogen-bond acceptors (Lipinski definition) is 4. The van der Waals surface area contributed by atoms with Crippen LogP contribution in [0.4, 0.5) is 4.79 Å². The fourth-order valence-corrected chi connectivity index (χ4v) is 2.75. The van der Waals surface area contributed by atoms with Gasteiger partial charge in [-0.05, 0) is 25.0 Å². The topological polar surface area (TPSA) is 91.7 Å². The lowest BCUT2D eigenvalue weighted by Crippen LogP contribution is -2.43. The molecule has 2 heterocycles. The van der Waals surface area contributed by atoms with Crippen molar-refractivity contribution in [1.82, 2.24) is 15.5 Å². The number of nitrogens with one attached hydrogen (secondary N) is 2. The average Bonchev–Trinajstić information content (AvgIpc) is 3.09. The molecule has 0 saturated carbocycles. The van der Waals surface area contributed by atoms with E-state index in [2.05, 4.69) is 10.6 Å². The summed E-state index contributed by atoms with van der Waals surface area (Å²) in [5.74, 6) is -0.243. The van der Waals surface area contributed by atoms with E-state index in [0.717, 1.165) is 10.3 Å². The summed E-state index contributed by atoms with van der Waals surface area (Å²) in [4.78, 5) is 37.9. The Hall–Kier alpha value is -2.83. The van der Waals surface area contributed by atoms with Crippen LogP contribution >= 0.6 is 0 Å². The number of fused-ring (bicyclic) bond motifs is 1. The van der Waals surface area contributed by atoms with E-state index >= 15 is 0 Å². The highest BCUT2D eigenvalue weighted by atomic mass is 16.3. The molecule has 0 bridgehead atoms. The summed E-state index contributed by atoms with van der Waals surface area (Å²) in [6.07, 6.45) is 0. The first-order valence-corrected chi connectivity index (χ1v) is 8.21. The highest BCUT2D eigenvalue weighted by molar-refractivity contribution is 6.09. The van der Waals surface area contributed by atoms with Crippen molar-refractivity contribution in [3.05, 3.63) is 36.1 Å². The third-order valence-electron chi connectivity index (χ3n) is 4.20. The van der Waals surface area contributed by atoms with Gasteiger partial charge in [-0.3, -0.25) is 14.5 Å². The maximum atomic E-state index is 12.8. The van der Waals surface area contributed by atoms with Gasteiger partial charge in [0.05, 0.1) is 0 Å². The molecule has 1 fully saturated rings. The van der Waals surface area contributed by atoms with Crippen LogP contribution in [-0.4, -0.2) is 35.8 Å². The van der Waals surface area contributed by atoms with Gasteiger partial charge in [0.15, 0.2) is 5.54 Å². The van der Waals surface area contributed by atoms with Crippen molar-refractivity contribution in [1.29, 1.82) is 0 Å². The highest BCUT2D eigenvalue weighted by Crippen LogP contribution is 2.32. The SMILES string of the molecule is CC(C)CNC(=O)CN1C(=O)NC(C)(c2cc3ccccc3o2)C1=O. The van der Waals surface area contributed by atoms with Crippen LogP contribution in [-0.2, 0) is 15.1 Å². The van der Waals surface area contributed by atoms with Crippen LogP contribution in [0, 0.1) is 5.92 Å². The van der Waals surface area contributed by atoms with Gasteiger partial charge >= 0.3 is 6.03 Å². The van der Waals surface area contributed by atoms with Crippen LogP contribution < -0.4 is 10.6 Å². The molecule has 1 saturated heterocycles. The van der Waals surface area contributed by atoms with Gasteiger partial charge in [-0.2, -0.15) is 0 Å². The largest absolute Gasteiger partial charge is 0.458 e. The van der Waals surface area contributed by atoms with Crippen molar-refractivity contribution in [2.45, 2.75) is 26.3 Å². The average molecular weight is 343 g/mol. The Balaban J connectivity index is 1.81. The second kappa shape index (κ2) is 6.23. The second-order valence-corrected chi connectivity index (χ2v) is 6.79. The number of carbonyl (C=O) groups excluding carboxylic acids is 3. The minimum Gasteiger partial charge on any atom is -0.458 e. The van der Waals surface area contributed by atoms with E-state index in [1.54, 1.807) is 19.1 Å². The van der Waals surface area contributed by atoms with Crippen molar-refractivity contribution >= 4 is 28.8 Å². The van der Waals surface area contributed by atoms with E-state index in [1.807, 2.05) is 32.0 Å². The van der Waals surface area contributed by atoms with E-state index in [-0.39, 0.29) is 18.4 Å². The molecule has 7 heteroatoms. The maximum absolute atomic E-state index is 12.8. The van der Waals surface area contributed by atoms with Gasteiger partial charge in [-0.1, -0.05) is 32.0 Å². The molecule has 7 nitrogen and oxygen atoms in total. The second-order valence-electron chi connectivity index (χ2n) is 6.79. The Kier molecular flexibility index (Phi) is 4.24. The van der Waals surface area contributed by atoms with Crippen LogP contribution in [0.2, 0.25) is 0 Å². The number of carbonyl (C=O) groups is 3. The lowest BCUT2D eigenvalue weighted by molar-refractivity contribution is -0.135. The number of nitrogens with zero attached hydrogens (tertiary/aromatic N) is 1. The molecule has 2 aromatic rings.